The van der Waals surface area contributed by atoms with Crippen molar-refractivity contribution in [3.63, 3.8) is 0 Å². The SMILES string of the molecule is CC(F)(F)CNC(=O)c1cc(C(=O)NCc2ccc3c(c2)NC(=O)CO3)nc2ccnn12. The summed E-state index contributed by atoms with van der Waals surface area (Å²) in [5, 5.41) is 11.4. The summed E-state index contributed by atoms with van der Waals surface area (Å²) in [6.45, 7) is -0.132. The van der Waals surface area contributed by atoms with E-state index in [1.54, 1.807) is 18.2 Å². The van der Waals surface area contributed by atoms with Gasteiger partial charge in [-0.25, -0.2) is 18.3 Å². The number of anilines is 1. The molecular weight excluding hydrogens is 426 g/mol. The number of amides is 3. The van der Waals surface area contributed by atoms with Crippen LogP contribution in [0, 0.1) is 0 Å². The molecule has 0 atom stereocenters. The van der Waals surface area contributed by atoms with Gasteiger partial charge >= 0.3 is 0 Å². The first kappa shape index (κ1) is 21.2. The Morgan fingerprint density at radius 2 is 2.03 bits per heavy atom. The third-order valence-electron chi connectivity index (χ3n) is 4.51. The zero-order valence-corrected chi connectivity index (χ0v) is 16.8. The molecule has 32 heavy (non-hydrogen) atoms. The monoisotopic (exact) mass is 444 g/mol. The number of alkyl halides is 2. The quantitative estimate of drug-likeness (QED) is 0.527. The lowest BCUT2D eigenvalue weighted by molar-refractivity contribution is -0.118. The van der Waals surface area contributed by atoms with E-state index in [4.69, 9.17) is 4.74 Å². The number of carbonyl (C=O) groups is 3. The van der Waals surface area contributed by atoms with Crippen molar-refractivity contribution in [2.45, 2.75) is 19.4 Å². The molecule has 3 amide bonds. The lowest BCUT2D eigenvalue weighted by Crippen LogP contribution is -2.36. The van der Waals surface area contributed by atoms with E-state index in [1.807, 2.05) is 0 Å². The topological polar surface area (TPSA) is 127 Å². The van der Waals surface area contributed by atoms with Crippen LogP contribution in [-0.2, 0) is 11.3 Å². The summed E-state index contributed by atoms with van der Waals surface area (Å²) in [6, 6.07) is 7.74. The van der Waals surface area contributed by atoms with Gasteiger partial charge in [-0.15, -0.1) is 0 Å². The van der Waals surface area contributed by atoms with Crippen LogP contribution in [0.3, 0.4) is 0 Å². The molecule has 1 aliphatic rings. The van der Waals surface area contributed by atoms with E-state index >= 15 is 0 Å². The van der Waals surface area contributed by atoms with Crippen LogP contribution in [0.1, 0.15) is 33.5 Å². The first-order valence-corrected chi connectivity index (χ1v) is 9.54. The molecular formula is C20H18F2N6O4. The van der Waals surface area contributed by atoms with E-state index in [0.29, 0.717) is 23.9 Å². The van der Waals surface area contributed by atoms with E-state index < -0.39 is 24.3 Å². The van der Waals surface area contributed by atoms with Crippen LogP contribution in [0.2, 0.25) is 0 Å². The van der Waals surface area contributed by atoms with Crippen LogP contribution < -0.4 is 20.7 Å². The minimum Gasteiger partial charge on any atom is -0.482 e. The molecule has 0 bridgehead atoms. The average molecular weight is 444 g/mol. The van der Waals surface area contributed by atoms with Gasteiger partial charge in [0.05, 0.1) is 18.4 Å². The third kappa shape index (κ3) is 4.63. The zero-order chi connectivity index (χ0) is 22.9. The summed E-state index contributed by atoms with van der Waals surface area (Å²) in [5.74, 6) is -4.24. The van der Waals surface area contributed by atoms with Crippen molar-refractivity contribution in [2.75, 3.05) is 18.5 Å². The Labute approximate surface area is 180 Å². The molecule has 10 nitrogen and oxygen atoms in total. The fraction of sp³-hybridized carbons (Fsp3) is 0.250. The second kappa shape index (κ2) is 8.21. The molecule has 0 spiro atoms. The Balaban J connectivity index is 1.51. The summed E-state index contributed by atoms with van der Waals surface area (Å²) < 4.78 is 32.7. The third-order valence-corrected chi connectivity index (χ3v) is 4.51. The number of nitrogens with one attached hydrogen (secondary N) is 3. The number of halogens is 2. The van der Waals surface area contributed by atoms with Crippen molar-refractivity contribution < 1.29 is 27.9 Å². The molecule has 0 unspecified atom stereocenters. The van der Waals surface area contributed by atoms with Gasteiger partial charge in [-0.2, -0.15) is 5.10 Å². The molecule has 12 heteroatoms. The fourth-order valence-corrected chi connectivity index (χ4v) is 3.03. The van der Waals surface area contributed by atoms with Crippen molar-refractivity contribution in [3.8, 4) is 5.75 Å². The van der Waals surface area contributed by atoms with E-state index in [2.05, 4.69) is 26.0 Å². The first-order chi connectivity index (χ1) is 15.2. The van der Waals surface area contributed by atoms with Gasteiger partial charge in [-0.3, -0.25) is 14.4 Å². The molecule has 0 saturated carbocycles. The van der Waals surface area contributed by atoms with Crippen LogP contribution in [0.5, 0.6) is 5.75 Å². The van der Waals surface area contributed by atoms with Crippen LogP contribution >= 0.6 is 0 Å². The van der Waals surface area contributed by atoms with Gasteiger partial charge in [0, 0.05) is 25.6 Å². The Hall–Kier alpha value is -4.09. The molecule has 0 aliphatic carbocycles. The minimum atomic E-state index is -3.09. The molecule has 166 valence electrons. The molecule has 3 aromatic rings. The normalized spacial score (nSPS) is 13.2. The number of benzene rings is 1. The van der Waals surface area contributed by atoms with Gasteiger partial charge in [0.2, 0.25) is 0 Å². The summed E-state index contributed by atoms with van der Waals surface area (Å²) in [5.41, 5.74) is 1.21. The summed E-state index contributed by atoms with van der Waals surface area (Å²) in [6.07, 6.45) is 1.37. The zero-order valence-electron chi connectivity index (χ0n) is 16.8. The van der Waals surface area contributed by atoms with Gasteiger partial charge in [-0.05, 0) is 17.7 Å². The second-order valence-electron chi connectivity index (χ2n) is 7.23. The smallest absolute Gasteiger partial charge is 0.270 e. The molecule has 0 saturated heterocycles. The highest BCUT2D eigenvalue weighted by molar-refractivity contribution is 5.98. The van der Waals surface area contributed by atoms with Gasteiger partial charge in [-0.1, -0.05) is 6.07 Å². The number of fused-ring (bicyclic) bond motifs is 2. The lowest BCUT2D eigenvalue weighted by Gasteiger charge is -2.18. The maximum Gasteiger partial charge on any atom is 0.270 e. The van der Waals surface area contributed by atoms with E-state index in [-0.39, 0.29) is 36.1 Å². The van der Waals surface area contributed by atoms with Crippen LogP contribution in [0.4, 0.5) is 14.5 Å². The molecule has 4 rings (SSSR count). The Morgan fingerprint density at radius 3 is 2.81 bits per heavy atom. The van der Waals surface area contributed by atoms with Crippen LogP contribution in [-0.4, -0.2) is 51.4 Å². The van der Waals surface area contributed by atoms with Gasteiger partial charge < -0.3 is 20.7 Å². The highest BCUT2D eigenvalue weighted by Crippen LogP contribution is 2.28. The maximum absolute atomic E-state index is 13.1. The number of hydrogen-bond acceptors (Lipinski definition) is 6. The number of carbonyl (C=O) groups excluding carboxylic acids is 3. The van der Waals surface area contributed by atoms with Gasteiger partial charge in [0.1, 0.15) is 17.1 Å². The number of hydrogen-bond donors (Lipinski definition) is 3. The van der Waals surface area contributed by atoms with Gasteiger partial charge in [0.25, 0.3) is 23.6 Å². The first-order valence-electron chi connectivity index (χ1n) is 9.54. The number of rotatable bonds is 6. The Bertz CT molecular complexity index is 1220. The molecule has 1 aliphatic heterocycles. The molecule has 0 radical (unpaired) electrons. The largest absolute Gasteiger partial charge is 0.482 e. The van der Waals surface area contributed by atoms with E-state index in [9.17, 15) is 23.2 Å². The predicted molar refractivity (Wildman–Crippen MR) is 108 cm³/mol. The number of nitrogens with zero attached hydrogens (tertiary/aromatic N) is 3. The predicted octanol–water partition coefficient (Wildman–Crippen LogP) is 1.38. The van der Waals surface area contributed by atoms with Crippen molar-refractivity contribution in [3.05, 3.63) is 53.5 Å². The standard InChI is InChI=1S/C20H18F2N6O4/c1-20(21,22)10-24-19(31)14-7-13(26-16-4-5-25-28(14)16)18(30)23-8-11-2-3-15-12(6-11)27-17(29)9-32-15/h2-7H,8-10H2,1H3,(H,23,30)(H,24,31)(H,27,29). The van der Waals surface area contributed by atoms with E-state index in [0.717, 1.165) is 4.52 Å². The number of ether oxygens (including phenoxy) is 1. The Kier molecular flexibility index (Phi) is 5.43. The van der Waals surface area contributed by atoms with Crippen molar-refractivity contribution in [1.82, 2.24) is 25.2 Å². The van der Waals surface area contributed by atoms with Gasteiger partial charge in [0.15, 0.2) is 12.3 Å². The molecule has 2 aromatic heterocycles. The van der Waals surface area contributed by atoms with Crippen molar-refractivity contribution in [1.29, 1.82) is 0 Å². The van der Waals surface area contributed by atoms with Crippen LogP contribution in [0.25, 0.3) is 5.65 Å². The minimum absolute atomic E-state index is 0.0579. The molecule has 3 heterocycles. The van der Waals surface area contributed by atoms with Crippen molar-refractivity contribution in [2.24, 2.45) is 0 Å². The second-order valence-corrected chi connectivity index (χ2v) is 7.23. The average Bonchev–Trinajstić information content (AvgIpc) is 3.23. The molecule has 1 aromatic carbocycles. The lowest BCUT2D eigenvalue weighted by atomic mass is 10.1. The summed E-state index contributed by atoms with van der Waals surface area (Å²) in [4.78, 5) is 40.7. The van der Waals surface area contributed by atoms with E-state index in [1.165, 1.54) is 18.3 Å². The molecule has 3 N–H and O–H groups in total. The highest BCUT2D eigenvalue weighted by Gasteiger charge is 2.24. The van der Waals surface area contributed by atoms with Crippen LogP contribution in [0.15, 0.2) is 36.5 Å². The highest BCUT2D eigenvalue weighted by atomic mass is 19.3. The summed E-state index contributed by atoms with van der Waals surface area (Å²) in [7, 11) is 0. The van der Waals surface area contributed by atoms with Crippen molar-refractivity contribution >= 4 is 29.1 Å². The number of aromatic nitrogens is 3. The fourth-order valence-electron chi connectivity index (χ4n) is 3.03. The maximum atomic E-state index is 13.1. The molecule has 0 fully saturated rings. The summed E-state index contributed by atoms with van der Waals surface area (Å²) >= 11 is 0. The Morgan fingerprint density at radius 1 is 1.22 bits per heavy atom.